The molecule has 138 valence electrons. The second kappa shape index (κ2) is 8.35. The summed E-state index contributed by atoms with van der Waals surface area (Å²) in [7, 11) is 3.28. The fraction of sp³-hybridized carbons (Fsp3) is 0.350. The highest BCUT2D eigenvalue weighted by Gasteiger charge is 2.23. The molecule has 0 atom stereocenters. The summed E-state index contributed by atoms with van der Waals surface area (Å²) in [6.07, 6.45) is 0.837. The van der Waals surface area contributed by atoms with Crippen LogP contribution in [0, 0.1) is 6.92 Å². The highest BCUT2D eigenvalue weighted by molar-refractivity contribution is 9.10. The van der Waals surface area contributed by atoms with Crippen LogP contribution in [0.3, 0.4) is 0 Å². The van der Waals surface area contributed by atoms with Crippen molar-refractivity contribution >= 4 is 33.6 Å². The molecule has 2 aromatic rings. The number of halogens is 1. The van der Waals surface area contributed by atoms with Gasteiger partial charge in [-0.25, -0.2) is 0 Å². The highest BCUT2D eigenvalue weighted by Crippen LogP contribution is 2.33. The summed E-state index contributed by atoms with van der Waals surface area (Å²) in [5.41, 5.74) is 3.54. The lowest BCUT2D eigenvalue weighted by Crippen LogP contribution is -2.37. The normalized spacial score (nSPS) is 13.3. The van der Waals surface area contributed by atoms with Crippen molar-refractivity contribution in [3.63, 3.8) is 0 Å². The van der Waals surface area contributed by atoms with Gasteiger partial charge >= 0.3 is 0 Å². The maximum absolute atomic E-state index is 12.7. The fourth-order valence-corrected chi connectivity index (χ4v) is 4.49. The van der Waals surface area contributed by atoms with Crippen molar-refractivity contribution in [2.24, 2.45) is 0 Å². The number of fused-ring (bicyclic) bond motifs is 1. The number of carbonyl (C=O) groups excluding carboxylic acids is 1. The molecule has 3 rings (SSSR count). The van der Waals surface area contributed by atoms with Gasteiger partial charge in [0, 0.05) is 22.5 Å². The molecular weight excluding hydrogens is 414 g/mol. The Kier molecular flexibility index (Phi) is 6.14. The molecule has 0 aliphatic carbocycles. The van der Waals surface area contributed by atoms with E-state index < -0.39 is 0 Å². The Morgan fingerprint density at radius 3 is 2.50 bits per heavy atom. The third kappa shape index (κ3) is 4.18. The van der Waals surface area contributed by atoms with Crippen molar-refractivity contribution in [1.82, 2.24) is 4.90 Å². The number of hydrogen-bond donors (Lipinski definition) is 0. The van der Waals surface area contributed by atoms with E-state index in [2.05, 4.69) is 35.0 Å². The minimum absolute atomic E-state index is 0.165. The van der Waals surface area contributed by atoms with E-state index in [9.17, 15) is 4.79 Å². The molecule has 4 nitrogen and oxygen atoms in total. The molecule has 1 aliphatic heterocycles. The molecule has 0 spiro atoms. The van der Waals surface area contributed by atoms with Gasteiger partial charge < -0.3 is 14.4 Å². The van der Waals surface area contributed by atoms with Crippen LogP contribution in [0.4, 0.5) is 0 Å². The van der Waals surface area contributed by atoms with Gasteiger partial charge in [0.2, 0.25) is 5.91 Å². The van der Waals surface area contributed by atoms with E-state index in [0.717, 1.165) is 33.6 Å². The van der Waals surface area contributed by atoms with E-state index in [1.807, 2.05) is 23.1 Å². The number of amides is 1. The van der Waals surface area contributed by atoms with Crippen LogP contribution in [-0.2, 0) is 17.8 Å². The molecule has 0 saturated heterocycles. The number of benzene rings is 2. The van der Waals surface area contributed by atoms with Crippen molar-refractivity contribution < 1.29 is 14.3 Å². The zero-order chi connectivity index (χ0) is 18.7. The van der Waals surface area contributed by atoms with Crippen molar-refractivity contribution in [1.29, 1.82) is 0 Å². The first-order chi connectivity index (χ1) is 12.5. The quantitative estimate of drug-likeness (QED) is 0.650. The summed E-state index contributed by atoms with van der Waals surface area (Å²) in [6, 6.07) is 10.1. The van der Waals surface area contributed by atoms with E-state index in [1.54, 1.807) is 26.0 Å². The van der Waals surface area contributed by atoms with Gasteiger partial charge in [0.25, 0.3) is 0 Å². The molecule has 6 heteroatoms. The first-order valence-electron chi connectivity index (χ1n) is 8.42. The molecule has 0 saturated carbocycles. The van der Waals surface area contributed by atoms with Gasteiger partial charge in [-0.2, -0.15) is 0 Å². The number of nitrogens with zero attached hydrogens (tertiary/aromatic N) is 1. The number of rotatable bonds is 5. The summed E-state index contributed by atoms with van der Waals surface area (Å²) >= 11 is 5.07. The summed E-state index contributed by atoms with van der Waals surface area (Å²) in [6.45, 7) is 3.42. The van der Waals surface area contributed by atoms with Gasteiger partial charge in [0.05, 0.1) is 20.0 Å². The van der Waals surface area contributed by atoms with Crippen molar-refractivity contribution in [3.05, 3.63) is 51.5 Å². The predicted octanol–water partition coefficient (Wildman–Crippen LogP) is 4.45. The van der Waals surface area contributed by atoms with E-state index in [1.165, 1.54) is 11.1 Å². The number of hydrogen-bond acceptors (Lipinski definition) is 4. The van der Waals surface area contributed by atoms with Gasteiger partial charge in [-0.15, -0.1) is 11.8 Å². The van der Waals surface area contributed by atoms with Crippen LogP contribution in [-0.4, -0.2) is 37.3 Å². The van der Waals surface area contributed by atoms with E-state index in [4.69, 9.17) is 9.47 Å². The second-order valence-electron chi connectivity index (χ2n) is 6.24. The van der Waals surface area contributed by atoms with Crippen molar-refractivity contribution in [2.75, 3.05) is 26.5 Å². The number of carbonyl (C=O) groups is 1. The zero-order valence-corrected chi connectivity index (χ0v) is 17.6. The van der Waals surface area contributed by atoms with Gasteiger partial charge in [-0.1, -0.05) is 15.9 Å². The fourth-order valence-electron chi connectivity index (χ4n) is 3.10. The zero-order valence-electron chi connectivity index (χ0n) is 15.2. The Morgan fingerprint density at radius 2 is 1.85 bits per heavy atom. The Bertz CT molecular complexity index is 825. The Labute approximate surface area is 167 Å². The standard InChI is InChI=1S/C20H22BrNO3S/c1-13-8-16(21)4-5-19(13)26-12-20(23)22-7-6-14-9-17(24-2)18(25-3)10-15(14)11-22/h4-5,8-10H,6-7,11-12H2,1-3H3. The SMILES string of the molecule is COc1cc2c(cc1OC)CN(C(=O)CSc1ccc(Br)cc1C)CC2. The van der Waals surface area contributed by atoms with Crippen LogP contribution in [0.25, 0.3) is 0 Å². The molecule has 0 N–H and O–H groups in total. The molecule has 1 amide bonds. The molecule has 0 aromatic heterocycles. The molecule has 0 unspecified atom stereocenters. The van der Waals surface area contributed by atoms with E-state index in [0.29, 0.717) is 18.0 Å². The lowest BCUT2D eigenvalue weighted by molar-refractivity contribution is -0.129. The van der Waals surface area contributed by atoms with E-state index in [-0.39, 0.29) is 5.91 Å². The van der Waals surface area contributed by atoms with E-state index >= 15 is 0 Å². The summed E-state index contributed by atoms with van der Waals surface area (Å²) < 4.78 is 11.8. The van der Waals surface area contributed by atoms with Gasteiger partial charge in [-0.05, 0) is 60.4 Å². The maximum atomic E-state index is 12.7. The third-order valence-corrected chi connectivity index (χ3v) is 6.21. The minimum atomic E-state index is 0.165. The molecular formula is C20H22BrNO3S. The number of thioether (sulfide) groups is 1. The Morgan fingerprint density at radius 1 is 1.15 bits per heavy atom. The molecule has 0 radical (unpaired) electrons. The topological polar surface area (TPSA) is 38.8 Å². The molecule has 0 bridgehead atoms. The molecule has 26 heavy (non-hydrogen) atoms. The average molecular weight is 436 g/mol. The van der Waals surface area contributed by atoms with Crippen molar-refractivity contribution in [2.45, 2.75) is 24.8 Å². The monoisotopic (exact) mass is 435 g/mol. The predicted molar refractivity (Wildman–Crippen MR) is 108 cm³/mol. The largest absolute Gasteiger partial charge is 0.493 e. The maximum Gasteiger partial charge on any atom is 0.233 e. The number of methoxy groups -OCH3 is 2. The van der Waals surface area contributed by atoms with Crippen LogP contribution in [0.15, 0.2) is 39.7 Å². The Balaban J connectivity index is 1.67. The van der Waals surface area contributed by atoms with Gasteiger partial charge in [0.1, 0.15) is 0 Å². The molecule has 1 heterocycles. The van der Waals surface area contributed by atoms with Crippen LogP contribution >= 0.6 is 27.7 Å². The Hall–Kier alpha value is -1.66. The highest BCUT2D eigenvalue weighted by atomic mass is 79.9. The second-order valence-corrected chi connectivity index (χ2v) is 8.17. The minimum Gasteiger partial charge on any atom is -0.493 e. The smallest absolute Gasteiger partial charge is 0.233 e. The van der Waals surface area contributed by atoms with Gasteiger partial charge in [-0.3, -0.25) is 4.79 Å². The molecule has 1 aliphatic rings. The van der Waals surface area contributed by atoms with Gasteiger partial charge in [0.15, 0.2) is 11.5 Å². The number of aryl methyl sites for hydroxylation is 1. The van der Waals surface area contributed by atoms with Crippen LogP contribution in [0.5, 0.6) is 11.5 Å². The summed E-state index contributed by atoms with van der Waals surface area (Å²) in [4.78, 5) is 15.7. The van der Waals surface area contributed by atoms with Crippen LogP contribution in [0.2, 0.25) is 0 Å². The molecule has 2 aromatic carbocycles. The summed E-state index contributed by atoms with van der Waals surface area (Å²) in [5.74, 6) is 2.07. The average Bonchev–Trinajstić information content (AvgIpc) is 2.65. The van der Waals surface area contributed by atoms with Crippen LogP contribution < -0.4 is 9.47 Å². The lowest BCUT2D eigenvalue weighted by Gasteiger charge is -2.29. The van der Waals surface area contributed by atoms with Crippen LogP contribution in [0.1, 0.15) is 16.7 Å². The van der Waals surface area contributed by atoms with Crippen molar-refractivity contribution in [3.8, 4) is 11.5 Å². The lowest BCUT2D eigenvalue weighted by atomic mass is 9.99. The summed E-state index contributed by atoms with van der Waals surface area (Å²) in [5, 5.41) is 0. The first-order valence-corrected chi connectivity index (χ1v) is 10.2. The molecule has 0 fully saturated rings. The third-order valence-electron chi connectivity index (χ3n) is 4.56. The number of ether oxygens (including phenoxy) is 2. The first kappa shape index (κ1) is 19.1.